The third kappa shape index (κ3) is 4.17. The standard InChI is InChI=1S/C12H22N2/c1-5-7-12(14)9(3)8-11(6-2)10(4)13/h8H,4-7,13-14H2,1-3H3/b11-8-,12-9+. The van der Waals surface area contributed by atoms with Crippen LogP contribution in [0.15, 0.2) is 35.2 Å². The van der Waals surface area contributed by atoms with Crippen molar-refractivity contribution in [2.24, 2.45) is 11.5 Å². The van der Waals surface area contributed by atoms with Gasteiger partial charge in [-0.1, -0.05) is 32.9 Å². The van der Waals surface area contributed by atoms with Gasteiger partial charge in [-0.2, -0.15) is 0 Å². The van der Waals surface area contributed by atoms with Crippen LogP contribution < -0.4 is 11.5 Å². The minimum Gasteiger partial charge on any atom is -0.402 e. The highest BCUT2D eigenvalue weighted by molar-refractivity contribution is 5.34. The highest BCUT2D eigenvalue weighted by Gasteiger charge is 1.98. The van der Waals surface area contributed by atoms with E-state index in [1.54, 1.807) is 0 Å². The highest BCUT2D eigenvalue weighted by atomic mass is 14.6. The van der Waals surface area contributed by atoms with Gasteiger partial charge in [0.25, 0.3) is 0 Å². The van der Waals surface area contributed by atoms with E-state index < -0.39 is 0 Å². The zero-order valence-corrected chi connectivity index (χ0v) is 9.56. The van der Waals surface area contributed by atoms with Crippen molar-refractivity contribution in [1.82, 2.24) is 0 Å². The van der Waals surface area contributed by atoms with Gasteiger partial charge in [0, 0.05) is 11.4 Å². The SMILES string of the molecule is C=C(N)/C(=C\C(C)=C(\N)CCC)CC. The maximum absolute atomic E-state index is 5.90. The first-order valence-electron chi connectivity index (χ1n) is 5.13. The van der Waals surface area contributed by atoms with Gasteiger partial charge >= 0.3 is 0 Å². The molecule has 0 atom stereocenters. The van der Waals surface area contributed by atoms with Crippen molar-refractivity contribution in [1.29, 1.82) is 0 Å². The van der Waals surface area contributed by atoms with Crippen LogP contribution in [0.2, 0.25) is 0 Å². The topological polar surface area (TPSA) is 52.0 Å². The minimum absolute atomic E-state index is 0.635. The van der Waals surface area contributed by atoms with Gasteiger partial charge in [-0.3, -0.25) is 0 Å². The lowest BCUT2D eigenvalue weighted by atomic mass is 10.1. The summed E-state index contributed by atoms with van der Waals surface area (Å²) in [5.41, 5.74) is 15.3. The number of allylic oxidation sites excluding steroid dienone is 4. The molecule has 4 N–H and O–H groups in total. The van der Waals surface area contributed by atoms with Crippen LogP contribution in [0.25, 0.3) is 0 Å². The van der Waals surface area contributed by atoms with Gasteiger partial charge in [0.15, 0.2) is 0 Å². The number of nitrogens with two attached hydrogens (primary N) is 2. The van der Waals surface area contributed by atoms with Crippen molar-refractivity contribution >= 4 is 0 Å². The molecule has 0 aromatic heterocycles. The summed E-state index contributed by atoms with van der Waals surface area (Å²) in [5.74, 6) is 0. The Kier molecular flexibility index (Phi) is 5.77. The fourth-order valence-corrected chi connectivity index (χ4v) is 1.24. The molecule has 0 aromatic carbocycles. The van der Waals surface area contributed by atoms with Gasteiger partial charge in [0.2, 0.25) is 0 Å². The van der Waals surface area contributed by atoms with Crippen LogP contribution in [-0.2, 0) is 0 Å². The van der Waals surface area contributed by atoms with E-state index in [1.165, 1.54) is 0 Å². The normalized spacial score (nSPS) is 13.8. The zero-order chi connectivity index (χ0) is 11.1. The first kappa shape index (κ1) is 12.8. The van der Waals surface area contributed by atoms with Crippen molar-refractivity contribution < 1.29 is 0 Å². The maximum Gasteiger partial charge on any atom is 0.0273 e. The Hall–Kier alpha value is -1.18. The molecule has 0 bridgehead atoms. The lowest BCUT2D eigenvalue weighted by Crippen LogP contribution is -2.02. The molecule has 0 rings (SSSR count). The van der Waals surface area contributed by atoms with Gasteiger partial charge in [0.05, 0.1) is 0 Å². The summed E-state index contributed by atoms with van der Waals surface area (Å²) < 4.78 is 0. The Labute approximate surface area is 87.4 Å². The van der Waals surface area contributed by atoms with E-state index >= 15 is 0 Å². The second kappa shape index (κ2) is 6.30. The molecule has 0 unspecified atom stereocenters. The molecule has 0 radical (unpaired) electrons. The van der Waals surface area contributed by atoms with Crippen molar-refractivity contribution in [3.05, 3.63) is 35.2 Å². The van der Waals surface area contributed by atoms with Gasteiger partial charge in [-0.15, -0.1) is 0 Å². The molecule has 2 nitrogen and oxygen atoms in total. The second-order valence-corrected chi connectivity index (χ2v) is 3.51. The largest absolute Gasteiger partial charge is 0.402 e. The van der Waals surface area contributed by atoms with E-state index in [0.29, 0.717) is 5.70 Å². The van der Waals surface area contributed by atoms with Crippen LogP contribution in [0.4, 0.5) is 0 Å². The van der Waals surface area contributed by atoms with Gasteiger partial charge in [-0.05, 0) is 30.9 Å². The quantitative estimate of drug-likeness (QED) is 0.661. The summed E-state index contributed by atoms with van der Waals surface area (Å²) in [4.78, 5) is 0. The lowest BCUT2D eigenvalue weighted by Gasteiger charge is -2.06. The molecule has 0 aliphatic carbocycles. The summed E-state index contributed by atoms with van der Waals surface area (Å²) in [6.07, 6.45) is 4.94. The van der Waals surface area contributed by atoms with Gasteiger partial charge in [0.1, 0.15) is 0 Å². The second-order valence-electron chi connectivity index (χ2n) is 3.51. The molecule has 14 heavy (non-hydrogen) atoms. The Morgan fingerprint density at radius 3 is 2.21 bits per heavy atom. The van der Waals surface area contributed by atoms with E-state index in [1.807, 2.05) is 13.0 Å². The molecule has 0 aliphatic rings. The molecule has 80 valence electrons. The summed E-state index contributed by atoms with van der Waals surface area (Å²) >= 11 is 0. The van der Waals surface area contributed by atoms with E-state index in [2.05, 4.69) is 20.4 Å². The van der Waals surface area contributed by atoms with Crippen LogP contribution in [0, 0.1) is 0 Å². The van der Waals surface area contributed by atoms with Crippen molar-refractivity contribution in [3.63, 3.8) is 0 Å². The number of hydrogen-bond acceptors (Lipinski definition) is 2. The molecular formula is C12H22N2. The molecule has 0 fully saturated rings. The number of rotatable bonds is 5. The molecule has 0 aliphatic heterocycles. The third-order valence-electron chi connectivity index (χ3n) is 2.21. The van der Waals surface area contributed by atoms with Gasteiger partial charge in [-0.25, -0.2) is 0 Å². The first-order valence-corrected chi connectivity index (χ1v) is 5.13. The summed E-state index contributed by atoms with van der Waals surface area (Å²) in [6.45, 7) is 9.93. The van der Waals surface area contributed by atoms with Crippen LogP contribution in [-0.4, -0.2) is 0 Å². The molecule has 2 heteroatoms. The fraction of sp³-hybridized carbons (Fsp3) is 0.500. The highest BCUT2D eigenvalue weighted by Crippen LogP contribution is 2.13. The molecular weight excluding hydrogens is 172 g/mol. The van der Waals surface area contributed by atoms with Crippen molar-refractivity contribution in [3.8, 4) is 0 Å². The van der Waals surface area contributed by atoms with Crippen LogP contribution in [0.5, 0.6) is 0 Å². The molecule has 0 saturated carbocycles. The molecule has 0 aromatic rings. The lowest BCUT2D eigenvalue weighted by molar-refractivity contribution is 0.881. The average molecular weight is 194 g/mol. The monoisotopic (exact) mass is 194 g/mol. The Bertz CT molecular complexity index is 259. The van der Waals surface area contributed by atoms with E-state index in [-0.39, 0.29) is 0 Å². The van der Waals surface area contributed by atoms with Gasteiger partial charge < -0.3 is 11.5 Å². The molecule has 0 saturated heterocycles. The summed E-state index contributed by atoms with van der Waals surface area (Å²) in [6, 6.07) is 0. The predicted octanol–water partition coefficient (Wildman–Crippen LogP) is 2.83. The fourth-order valence-electron chi connectivity index (χ4n) is 1.24. The third-order valence-corrected chi connectivity index (χ3v) is 2.21. The van der Waals surface area contributed by atoms with Crippen LogP contribution in [0.3, 0.4) is 0 Å². The van der Waals surface area contributed by atoms with Crippen molar-refractivity contribution in [2.45, 2.75) is 40.0 Å². The Balaban J connectivity index is 4.76. The smallest absolute Gasteiger partial charge is 0.0273 e. The first-order chi connectivity index (χ1) is 6.52. The number of hydrogen-bond donors (Lipinski definition) is 2. The summed E-state index contributed by atoms with van der Waals surface area (Å²) in [7, 11) is 0. The molecule has 0 spiro atoms. The van der Waals surface area contributed by atoms with Crippen LogP contribution in [0.1, 0.15) is 40.0 Å². The Morgan fingerprint density at radius 2 is 1.86 bits per heavy atom. The summed E-state index contributed by atoms with van der Waals surface area (Å²) in [5, 5.41) is 0. The minimum atomic E-state index is 0.635. The van der Waals surface area contributed by atoms with E-state index in [4.69, 9.17) is 11.5 Å². The molecule has 0 amide bonds. The van der Waals surface area contributed by atoms with Crippen LogP contribution >= 0.6 is 0 Å². The predicted molar refractivity (Wildman–Crippen MR) is 63.5 cm³/mol. The molecule has 0 heterocycles. The maximum atomic E-state index is 5.90. The zero-order valence-electron chi connectivity index (χ0n) is 9.56. The average Bonchev–Trinajstić information content (AvgIpc) is 2.13. The Morgan fingerprint density at radius 1 is 1.29 bits per heavy atom. The van der Waals surface area contributed by atoms with Crippen molar-refractivity contribution in [2.75, 3.05) is 0 Å². The van der Waals surface area contributed by atoms with E-state index in [0.717, 1.165) is 36.1 Å². The van der Waals surface area contributed by atoms with E-state index in [9.17, 15) is 0 Å².